The van der Waals surface area contributed by atoms with Crippen LogP contribution in [0.1, 0.15) is 47.9 Å². The van der Waals surface area contributed by atoms with Crippen molar-refractivity contribution in [3.63, 3.8) is 0 Å². The number of nitrogens with zero attached hydrogens (tertiary/aromatic N) is 4. The van der Waals surface area contributed by atoms with Crippen molar-refractivity contribution in [1.82, 2.24) is 25.1 Å². The second kappa shape index (κ2) is 9.40. The number of carbonyl (C=O) groups excluding carboxylic acids is 1. The maximum Gasteiger partial charge on any atom is 0.251 e. The molecule has 0 saturated heterocycles. The Morgan fingerprint density at radius 2 is 1.74 bits per heavy atom. The third kappa shape index (κ3) is 4.84. The Kier molecular flexibility index (Phi) is 6.15. The summed E-state index contributed by atoms with van der Waals surface area (Å²) in [6, 6.07) is 8.11. The first-order valence-electron chi connectivity index (χ1n) is 11.6. The lowest BCUT2D eigenvalue weighted by molar-refractivity contribution is 0.0940. The minimum atomic E-state index is -1.15. The zero-order valence-electron chi connectivity index (χ0n) is 19.2. The Morgan fingerprint density at radius 3 is 2.43 bits per heavy atom. The summed E-state index contributed by atoms with van der Waals surface area (Å²) in [5.74, 6) is -2.93. The zero-order valence-corrected chi connectivity index (χ0v) is 19.2. The molecule has 0 bridgehead atoms. The Hall–Kier alpha value is -3.88. The van der Waals surface area contributed by atoms with E-state index < -0.39 is 23.3 Å². The van der Waals surface area contributed by atoms with Gasteiger partial charge in [0.2, 0.25) is 0 Å². The highest BCUT2D eigenvalue weighted by molar-refractivity contribution is 5.94. The Balaban J connectivity index is 1.19. The van der Waals surface area contributed by atoms with Gasteiger partial charge in [0.1, 0.15) is 5.82 Å². The van der Waals surface area contributed by atoms with E-state index in [0.717, 1.165) is 65.7 Å². The number of carbonyl (C=O) groups is 1. The van der Waals surface area contributed by atoms with Gasteiger partial charge in [-0.05, 0) is 62.3 Å². The highest BCUT2D eigenvalue weighted by Crippen LogP contribution is 2.33. The molecule has 0 atom stereocenters. The maximum atomic E-state index is 13.5. The molecule has 1 aliphatic rings. The van der Waals surface area contributed by atoms with Crippen LogP contribution < -0.4 is 5.32 Å². The van der Waals surface area contributed by atoms with E-state index in [1.54, 1.807) is 0 Å². The number of benzene rings is 2. The fourth-order valence-corrected chi connectivity index (χ4v) is 4.59. The first-order valence-corrected chi connectivity index (χ1v) is 11.6. The van der Waals surface area contributed by atoms with Crippen LogP contribution in [0.3, 0.4) is 0 Å². The van der Waals surface area contributed by atoms with E-state index in [1.165, 1.54) is 0 Å². The van der Waals surface area contributed by atoms with Gasteiger partial charge in [0.25, 0.3) is 5.91 Å². The van der Waals surface area contributed by atoms with Gasteiger partial charge in [-0.2, -0.15) is 5.10 Å². The van der Waals surface area contributed by atoms with Crippen molar-refractivity contribution in [2.45, 2.75) is 38.6 Å². The molecule has 4 aromatic rings. The number of fused-ring (bicyclic) bond motifs is 1. The van der Waals surface area contributed by atoms with Gasteiger partial charge in [-0.1, -0.05) is 12.1 Å². The summed E-state index contributed by atoms with van der Waals surface area (Å²) in [6.07, 6.45) is 9.37. The number of aryl methyl sites for hydroxylation is 1. The van der Waals surface area contributed by atoms with Crippen molar-refractivity contribution in [2.24, 2.45) is 5.92 Å². The van der Waals surface area contributed by atoms with Crippen LogP contribution in [-0.2, 0) is 0 Å². The lowest BCUT2D eigenvalue weighted by Crippen LogP contribution is -2.31. The number of amides is 1. The van der Waals surface area contributed by atoms with Crippen molar-refractivity contribution in [3.05, 3.63) is 71.9 Å². The first-order chi connectivity index (χ1) is 16.9. The highest BCUT2D eigenvalue weighted by Gasteiger charge is 2.24. The van der Waals surface area contributed by atoms with Gasteiger partial charge in [0.05, 0.1) is 11.6 Å². The predicted molar refractivity (Wildman–Crippen MR) is 127 cm³/mol. The SMILES string of the molecule is Cc1ncc(-c2ccc3cn([C@H]4CC[C@H](CNC(=O)c5cc(F)c(O)c(F)c5)CC4)nc3c2)cn1. The van der Waals surface area contributed by atoms with E-state index in [9.17, 15) is 18.7 Å². The monoisotopic (exact) mass is 477 g/mol. The molecule has 0 spiro atoms. The van der Waals surface area contributed by atoms with Crippen molar-refractivity contribution in [3.8, 4) is 16.9 Å². The molecular weight excluding hydrogens is 452 g/mol. The normalized spacial score (nSPS) is 18.0. The average Bonchev–Trinajstić information content (AvgIpc) is 3.30. The van der Waals surface area contributed by atoms with Crippen molar-refractivity contribution in [2.75, 3.05) is 6.54 Å². The lowest BCUT2D eigenvalue weighted by Gasteiger charge is -2.28. The van der Waals surface area contributed by atoms with E-state index in [-0.39, 0.29) is 17.5 Å². The molecule has 0 radical (unpaired) electrons. The Labute approximate surface area is 200 Å². The summed E-state index contributed by atoms with van der Waals surface area (Å²) in [5, 5.41) is 17.8. The van der Waals surface area contributed by atoms with Crippen molar-refractivity contribution in [1.29, 1.82) is 0 Å². The molecule has 7 nitrogen and oxygen atoms in total. The highest BCUT2D eigenvalue weighted by atomic mass is 19.1. The molecule has 2 heterocycles. The van der Waals surface area contributed by atoms with E-state index in [2.05, 4.69) is 33.6 Å². The molecule has 35 heavy (non-hydrogen) atoms. The van der Waals surface area contributed by atoms with E-state index >= 15 is 0 Å². The van der Waals surface area contributed by atoms with E-state index in [1.807, 2.05) is 30.1 Å². The quantitative estimate of drug-likeness (QED) is 0.424. The molecule has 0 aliphatic heterocycles. The summed E-state index contributed by atoms with van der Waals surface area (Å²) in [4.78, 5) is 20.8. The summed E-state index contributed by atoms with van der Waals surface area (Å²) < 4.78 is 29.1. The number of halogens is 2. The summed E-state index contributed by atoms with van der Waals surface area (Å²) in [7, 11) is 0. The van der Waals surface area contributed by atoms with Gasteiger partial charge in [0, 0.05) is 41.6 Å². The van der Waals surface area contributed by atoms with Crippen LogP contribution in [0.2, 0.25) is 0 Å². The standard InChI is InChI=1S/C26H25F2N5O2/c1-15-29-12-20(13-30-15)17-4-5-18-14-33(32-24(18)10-17)21-6-2-16(3-7-21)11-31-26(35)19-8-22(27)25(34)23(28)9-19/h4-5,8-10,12-14,16,21,34H,2-3,6-7,11H2,1H3,(H,31,35)/t16-,21-. The molecular formula is C26H25F2N5O2. The van der Waals surface area contributed by atoms with Crippen LogP contribution in [0, 0.1) is 24.5 Å². The summed E-state index contributed by atoms with van der Waals surface area (Å²) >= 11 is 0. The molecule has 1 aliphatic carbocycles. The van der Waals surface area contributed by atoms with Crippen LogP contribution in [0.5, 0.6) is 5.75 Å². The molecule has 2 aromatic heterocycles. The van der Waals surface area contributed by atoms with Crippen molar-refractivity contribution < 1.29 is 18.7 Å². The number of rotatable bonds is 5. The molecule has 9 heteroatoms. The van der Waals surface area contributed by atoms with Crippen LogP contribution in [0.15, 0.2) is 48.9 Å². The molecule has 5 rings (SSSR count). The molecule has 180 valence electrons. The van der Waals surface area contributed by atoms with Crippen molar-refractivity contribution >= 4 is 16.8 Å². The number of hydrogen-bond acceptors (Lipinski definition) is 5. The van der Waals surface area contributed by atoms with Gasteiger partial charge < -0.3 is 10.4 Å². The summed E-state index contributed by atoms with van der Waals surface area (Å²) in [5.41, 5.74) is 2.75. The van der Waals surface area contributed by atoms with Crippen LogP contribution in [-0.4, -0.2) is 37.3 Å². The molecule has 1 fully saturated rings. The number of phenolic OH excluding ortho intramolecular Hbond substituents is 1. The molecule has 2 aromatic carbocycles. The zero-order chi connectivity index (χ0) is 24.5. The molecule has 0 unspecified atom stereocenters. The van der Waals surface area contributed by atoms with Gasteiger partial charge in [-0.25, -0.2) is 18.7 Å². The second-order valence-corrected chi connectivity index (χ2v) is 9.07. The van der Waals surface area contributed by atoms with E-state index in [4.69, 9.17) is 5.10 Å². The van der Waals surface area contributed by atoms with Gasteiger partial charge in [-0.15, -0.1) is 0 Å². The van der Waals surface area contributed by atoms with Gasteiger partial charge >= 0.3 is 0 Å². The molecule has 1 saturated carbocycles. The predicted octanol–water partition coefficient (Wildman–Crippen LogP) is 4.95. The minimum Gasteiger partial charge on any atom is -0.503 e. The summed E-state index contributed by atoms with van der Waals surface area (Å²) in [6.45, 7) is 2.29. The number of hydrogen-bond donors (Lipinski definition) is 2. The maximum absolute atomic E-state index is 13.5. The average molecular weight is 478 g/mol. The molecule has 1 amide bonds. The number of phenols is 1. The number of aromatic nitrogens is 4. The van der Waals surface area contributed by atoms with Gasteiger partial charge in [-0.3, -0.25) is 9.48 Å². The number of aromatic hydroxyl groups is 1. The fourth-order valence-electron chi connectivity index (χ4n) is 4.59. The Morgan fingerprint density at radius 1 is 1.06 bits per heavy atom. The largest absolute Gasteiger partial charge is 0.503 e. The fraction of sp³-hybridized carbons (Fsp3) is 0.308. The van der Waals surface area contributed by atoms with Crippen LogP contribution in [0.25, 0.3) is 22.0 Å². The third-order valence-electron chi connectivity index (χ3n) is 6.66. The Bertz CT molecular complexity index is 1360. The van der Waals surface area contributed by atoms with Gasteiger partial charge in [0.15, 0.2) is 17.4 Å². The van der Waals surface area contributed by atoms with Crippen LogP contribution >= 0.6 is 0 Å². The second-order valence-electron chi connectivity index (χ2n) is 9.07. The van der Waals surface area contributed by atoms with E-state index in [0.29, 0.717) is 6.54 Å². The lowest BCUT2D eigenvalue weighted by atomic mass is 9.86. The van der Waals surface area contributed by atoms with Crippen LogP contribution in [0.4, 0.5) is 8.78 Å². The number of nitrogens with one attached hydrogen (secondary N) is 1. The topological polar surface area (TPSA) is 92.9 Å². The minimum absolute atomic E-state index is 0.147. The molecule has 2 N–H and O–H groups in total. The third-order valence-corrected chi connectivity index (χ3v) is 6.66. The smallest absolute Gasteiger partial charge is 0.251 e. The first kappa shape index (κ1) is 22.9.